The lowest BCUT2D eigenvalue weighted by molar-refractivity contribution is 0.596. The molecule has 0 bridgehead atoms. The van der Waals surface area contributed by atoms with Gasteiger partial charge in [-0.05, 0) is 52.3 Å². The standard InChI is InChI=1S/C14H13BrClNO2S/c15-13-3-1-2-4-14(13)17-9-10-20(18,19)12-7-5-11(16)6-8-12/h1-8,17H,9-10H2. The van der Waals surface area contributed by atoms with Crippen molar-refractivity contribution in [2.45, 2.75) is 4.90 Å². The molecule has 2 rings (SSSR count). The fourth-order valence-corrected chi connectivity index (χ4v) is 3.39. The van der Waals surface area contributed by atoms with E-state index in [4.69, 9.17) is 11.6 Å². The van der Waals surface area contributed by atoms with Crippen LogP contribution in [0.5, 0.6) is 0 Å². The molecule has 0 atom stereocenters. The van der Waals surface area contributed by atoms with Crippen molar-refractivity contribution in [3.63, 3.8) is 0 Å². The predicted molar refractivity (Wildman–Crippen MR) is 86.1 cm³/mol. The molecule has 0 aliphatic rings. The van der Waals surface area contributed by atoms with Gasteiger partial charge in [-0.15, -0.1) is 0 Å². The molecule has 0 aliphatic carbocycles. The zero-order chi connectivity index (χ0) is 14.6. The molecule has 0 aliphatic heterocycles. The number of rotatable bonds is 5. The summed E-state index contributed by atoms with van der Waals surface area (Å²) in [5.41, 5.74) is 0.874. The Balaban J connectivity index is 2.00. The van der Waals surface area contributed by atoms with Crippen molar-refractivity contribution in [3.05, 3.63) is 58.0 Å². The molecule has 2 aromatic carbocycles. The van der Waals surface area contributed by atoms with Gasteiger partial charge in [0, 0.05) is 21.7 Å². The minimum Gasteiger partial charge on any atom is -0.383 e. The van der Waals surface area contributed by atoms with Crippen LogP contribution in [0.3, 0.4) is 0 Å². The van der Waals surface area contributed by atoms with E-state index in [1.807, 2.05) is 24.3 Å². The van der Waals surface area contributed by atoms with Crippen LogP contribution in [0.25, 0.3) is 0 Å². The van der Waals surface area contributed by atoms with Crippen LogP contribution in [0.4, 0.5) is 5.69 Å². The lowest BCUT2D eigenvalue weighted by Crippen LogP contribution is -2.16. The summed E-state index contributed by atoms with van der Waals surface area (Å²) in [5, 5.41) is 3.62. The lowest BCUT2D eigenvalue weighted by Gasteiger charge is -2.09. The van der Waals surface area contributed by atoms with E-state index in [0.717, 1.165) is 10.2 Å². The zero-order valence-electron chi connectivity index (χ0n) is 10.5. The van der Waals surface area contributed by atoms with E-state index in [0.29, 0.717) is 11.6 Å². The Bertz CT molecular complexity index is 687. The maximum absolute atomic E-state index is 12.1. The summed E-state index contributed by atoms with van der Waals surface area (Å²) in [5.74, 6) is 0.0238. The van der Waals surface area contributed by atoms with E-state index >= 15 is 0 Å². The Morgan fingerprint density at radius 2 is 1.70 bits per heavy atom. The first-order valence-corrected chi connectivity index (χ1v) is 8.78. The van der Waals surface area contributed by atoms with E-state index in [1.165, 1.54) is 12.1 Å². The van der Waals surface area contributed by atoms with Crippen LogP contribution in [0.2, 0.25) is 5.02 Å². The highest BCUT2D eigenvalue weighted by atomic mass is 79.9. The molecule has 0 radical (unpaired) electrons. The van der Waals surface area contributed by atoms with Crippen LogP contribution in [0.15, 0.2) is 57.9 Å². The first kappa shape index (κ1) is 15.4. The first-order chi connectivity index (χ1) is 9.49. The number of hydrogen-bond donors (Lipinski definition) is 1. The minimum atomic E-state index is -3.30. The Labute approximate surface area is 132 Å². The topological polar surface area (TPSA) is 46.2 Å². The van der Waals surface area contributed by atoms with Gasteiger partial charge in [-0.3, -0.25) is 0 Å². The highest BCUT2D eigenvalue weighted by Crippen LogP contribution is 2.21. The molecule has 1 N–H and O–H groups in total. The Hall–Kier alpha value is -1.04. The van der Waals surface area contributed by atoms with Crippen LogP contribution in [0.1, 0.15) is 0 Å². The third kappa shape index (κ3) is 3.98. The smallest absolute Gasteiger partial charge is 0.180 e. The second kappa shape index (κ2) is 6.61. The molecule has 6 heteroatoms. The van der Waals surface area contributed by atoms with Crippen molar-refractivity contribution in [2.24, 2.45) is 0 Å². The molecular formula is C14H13BrClNO2S. The van der Waals surface area contributed by atoms with E-state index in [-0.39, 0.29) is 10.6 Å². The number of para-hydroxylation sites is 1. The quantitative estimate of drug-likeness (QED) is 0.861. The second-order valence-electron chi connectivity index (χ2n) is 4.18. The SMILES string of the molecule is O=S(=O)(CCNc1ccccc1Br)c1ccc(Cl)cc1. The number of sulfone groups is 1. The van der Waals surface area contributed by atoms with Crippen LogP contribution in [-0.4, -0.2) is 20.7 Å². The highest BCUT2D eigenvalue weighted by molar-refractivity contribution is 9.10. The molecule has 0 spiro atoms. The third-order valence-corrected chi connectivity index (χ3v) is 5.41. The van der Waals surface area contributed by atoms with E-state index in [1.54, 1.807) is 12.1 Å². The summed E-state index contributed by atoms with van der Waals surface area (Å²) in [4.78, 5) is 0.288. The van der Waals surface area contributed by atoms with Gasteiger partial charge in [-0.2, -0.15) is 0 Å². The van der Waals surface area contributed by atoms with E-state index in [2.05, 4.69) is 21.2 Å². The van der Waals surface area contributed by atoms with Gasteiger partial charge >= 0.3 is 0 Å². The Kier molecular flexibility index (Phi) is 5.07. The Morgan fingerprint density at radius 3 is 2.35 bits per heavy atom. The number of benzene rings is 2. The molecule has 0 saturated heterocycles. The summed E-state index contributed by atoms with van der Waals surface area (Å²) >= 11 is 9.15. The molecule has 0 amide bonds. The molecule has 3 nitrogen and oxygen atoms in total. The second-order valence-corrected chi connectivity index (χ2v) is 7.58. The van der Waals surface area contributed by atoms with Gasteiger partial charge in [-0.25, -0.2) is 8.42 Å². The average molecular weight is 375 g/mol. The van der Waals surface area contributed by atoms with Crippen molar-refractivity contribution in [3.8, 4) is 0 Å². The molecule has 0 unspecified atom stereocenters. The first-order valence-electron chi connectivity index (χ1n) is 5.96. The van der Waals surface area contributed by atoms with Crippen LogP contribution >= 0.6 is 27.5 Å². The lowest BCUT2D eigenvalue weighted by atomic mass is 10.3. The van der Waals surface area contributed by atoms with Gasteiger partial charge < -0.3 is 5.32 Å². The maximum Gasteiger partial charge on any atom is 0.180 e. The molecule has 2 aromatic rings. The van der Waals surface area contributed by atoms with Crippen LogP contribution < -0.4 is 5.32 Å². The normalized spacial score (nSPS) is 11.3. The number of anilines is 1. The van der Waals surface area contributed by atoms with Gasteiger partial charge in [-0.1, -0.05) is 23.7 Å². The highest BCUT2D eigenvalue weighted by Gasteiger charge is 2.13. The van der Waals surface area contributed by atoms with E-state index in [9.17, 15) is 8.42 Å². The number of hydrogen-bond acceptors (Lipinski definition) is 3. The maximum atomic E-state index is 12.1. The average Bonchev–Trinajstić information content (AvgIpc) is 2.41. The summed E-state index contributed by atoms with van der Waals surface area (Å²) in [6, 6.07) is 13.8. The van der Waals surface area contributed by atoms with Crippen LogP contribution in [0, 0.1) is 0 Å². The van der Waals surface area contributed by atoms with Crippen molar-refractivity contribution in [2.75, 3.05) is 17.6 Å². The summed E-state index contributed by atoms with van der Waals surface area (Å²) < 4.78 is 25.2. The van der Waals surface area contributed by atoms with Crippen LogP contribution in [-0.2, 0) is 9.84 Å². The van der Waals surface area contributed by atoms with Gasteiger partial charge in [0.15, 0.2) is 9.84 Å². The fraction of sp³-hybridized carbons (Fsp3) is 0.143. The van der Waals surface area contributed by atoms with Gasteiger partial charge in [0.1, 0.15) is 0 Å². The molecule has 0 fully saturated rings. The molecule has 20 heavy (non-hydrogen) atoms. The van der Waals surface area contributed by atoms with Gasteiger partial charge in [0.25, 0.3) is 0 Å². The summed E-state index contributed by atoms with van der Waals surface area (Å²) in [6.07, 6.45) is 0. The van der Waals surface area contributed by atoms with Crippen molar-refractivity contribution in [1.29, 1.82) is 0 Å². The van der Waals surface area contributed by atoms with Gasteiger partial charge in [0.05, 0.1) is 10.6 Å². The molecule has 106 valence electrons. The summed E-state index contributed by atoms with van der Waals surface area (Å²) in [6.45, 7) is 0.341. The van der Waals surface area contributed by atoms with Crippen molar-refractivity contribution < 1.29 is 8.42 Å². The molecular weight excluding hydrogens is 362 g/mol. The monoisotopic (exact) mass is 373 g/mol. The van der Waals surface area contributed by atoms with Gasteiger partial charge in [0.2, 0.25) is 0 Å². The summed E-state index contributed by atoms with van der Waals surface area (Å²) in [7, 11) is -3.30. The number of halogens is 2. The number of nitrogens with one attached hydrogen (secondary N) is 1. The third-order valence-electron chi connectivity index (χ3n) is 2.73. The Morgan fingerprint density at radius 1 is 1.05 bits per heavy atom. The van der Waals surface area contributed by atoms with Crippen molar-refractivity contribution >= 4 is 43.1 Å². The fourth-order valence-electron chi connectivity index (χ4n) is 1.68. The predicted octanol–water partition coefficient (Wildman–Crippen LogP) is 3.99. The minimum absolute atomic E-state index is 0.0238. The molecule has 0 aromatic heterocycles. The van der Waals surface area contributed by atoms with E-state index < -0.39 is 9.84 Å². The molecule has 0 heterocycles. The zero-order valence-corrected chi connectivity index (χ0v) is 13.7. The van der Waals surface area contributed by atoms with Crippen molar-refractivity contribution in [1.82, 2.24) is 0 Å². The largest absolute Gasteiger partial charge is 0.383 e. The molecule has 0 saturated carbocycles.